The van der Waals surface area contributed by atoms with Crippen molar-refractivity contribution in [2.75, 3.05) is 52.5 Å². The van der Waals surface area contributed by atoms with Crippen LogP contribution >= 0.6 is 11.3 Å². The van der Waals surface area contributed by atoms with E-state index in [0.29, 0.717) is 63.3 Å². The lowest BCUT2D eigenvalue weighted by molar-refractivity contribution is -0.154. The van der Waals surface area contributed by atoms with Gasteiger partial charge in [0.25, 0.3) is 5.91 Å². The Morgan fingerprint density at radius 3 is 2.07 bits per heavy atom. The van der Waals surface area contributed by atoms with Crippen LogP contribution in [-0.4, -0.2) is 89.9 Å². The molecule has 2 aliphatic heterocycles. The van der Waals surface area contributed by atoms with Crippen LogP contribution in [0.15, 0.2) is 0 Å². The van der Waals surface area contributed by atoms with Crippen molar-refractivity contribution in [3.63, 3.8) is 0 Å². The summed E-state index contributed by atoms with van der Waals surface area (Å²) < 4.78 is 5.22. The first-order valence-electron chi connectivity index (χ1n) is 9.78. The highest BCUT2D eigenvalue weighted by Crippen LogP contribution is 2.23. The number of hydrogen-bond acceptors (Lipinski definition) is 6. The Kier molecular flexibility index (Phi) is 6.66. The molecule has 1 aromatic rings. The van der Waals surface area contributed by atoms with Crippen LogP contribution in [-0.2, 0) is 20.7 Å². The molecule has 0 bridgehead atoms. The third-order valence-corrected chi connectivity index (χ3v) is 6.12. The van der Waals surface area contributed by atoms with Gasteiger partial charge >= 0.3 is 11.8 Å². The summed E-state index contributed by atoms with van der Waals surface area (Å²) in [5.74, 6) is -0.495. The smallest absolute Gasteiger partial charge is 0.312 e. The Bertz CT molecular complexity index is 734. The van der Waals surface area contributed by atoms with Gasteiger partial charge in [-0.3, -0.25) is 14.4 Å². The Hall–Kier alpha value is -2.00. The molecule has 0 radical (unpaired) electrons. The van der Waals surface area contributed by atoms with Gasteiger partial charge in [0, 0.05) is 45.7 Å². The molecule has 28 heavy (non-hydrogen) atoms. The van der Waals surface area contributed by atoms with Gasteiger partial charge in [-0.1, -0.05) is 13.8 Å². The van der Waals surface area contributed by atoms with Crippen molar-refractivity contribution in [2.24, 2.45) is 5.92 Å². The lowest BCUT2D eigenvalue weighted by Crippen LogP contribution is -2.55. The Labute approximate surface area is 169 Å². The van der Waals surface area contributed by atoms with Crippen molar-refractivity contribution < 1.29 is 19.1 Å². The Morgan fingerprint density at radius 2 is 1.50 bits per heavy atom. The number of amides is 3. The molecule has 0 spiro atoms. The van der Waals surface area contributed by atoms with Crippen LogP contribution in [0, 0.1) is 12.8 Å². The van der Waals surface area contributed by atoms with Crippen LogP contribution in [0.2, 0.25) is 0 Å². The van der Waals surface area contributed by atoms with E-state index in [1.165, 1.54) is 11.3 Å². The van der Waals surface area contributed by atoms with Crippen molar-refractivity contribution in [1.29, 1.82) is 0 Å². The Balaban J connectivity index is 1.56. The second-order valence-corrected chi connectivity index (χ2v) is 8.69. The van der Waals surface area contributed by atoms with E-state index in [4.69, 9.17) is 4.74 Å². The molecule has 3 amide bonds. The minimum Gasteiger partial charge on any atom is -0.378 e. The van der Waals surface area contributed by atoms with Gasteiger partial charge in [0.2, 0.25) is 0 Å². The maximum absolute atomic E-state index is 12.9. The number of carbonyl (C=O) groups is 3. The molecule has 3 rings (SSSR count). The predicted octanol–water partition coefficient (Wildman–Crippen LogP) is 0.793. The number of morpholine rings is 1. The first-order valence-corrected chi connectivity index (χ1v) is 10.6. The van der Waals surface area contributed by atoms with E-state index in [1.807, 2.05) is 6.92 Å². The number of rotatable bonds is 3. The lowest BCUT2D eigenvalue weighted by atomic mass is 10.1. The van der Waals surface area contributed by atoms with Gasteiger partial charge in [0.05, 0.1) is 23.9 Å². The highest BCUT2D eigenvalue weighted by molar-refractivity contribution is 7.13. The van der Waals surface area contributed by atoms with Crippen molar-refractivity contribution in [1.82, 2.24) is 19.7 Å². The van der Waals surface area contributed by atoms with Gasteiger partial charge < -0.3 is 19.4 Å². The number of aromatic nitrogens is 1. The fourth-order valence-electron chi connectivity index (χ4n) is 3.38. The number of carbonyl (C=O) groups excluding carboxylic acids is 3. The SMILES string of the molecule is Cc1nc(CC(C)C)sc1C(=O)N1CCN(C(=O)C(=O)N2CCOCC2)CC1. The zero-order chi connectivity index (χ0) is 20.3. The molecule has 9 heteroatoms. The number of ether oxygens (including phenoxy) is 1. The van der Waals surface area contributed by atoms with E-state index in [0.717, 1.165) is 17.1 Å². The second kappa shape index (κ2) is 9.00. The molecule has 1 aromatic heterocycles. The minimum absolute atomic E-state index is 0.0309. The first kappa shape index (κ1) is 20.7. The van der Waals surface area contributed by atoms with Crippen molar-refractivity contribution in [3.8, 4) is 0 Å². The minimum atomic E-state index is -0.484. The molecule has 2 aliphatic rings. The Morgan fingerprint density at radius 1 is 0.964 bits per heavy atom. The maximum atomic E-state index is 12.9. The molecule has 0 saturated carbocycles. The molecule has 154 valence electrons. The van der Waals surface area contributed by atoms with Crippen LogP contribution in [0.4, 0.5) is 0 Å². The molecular weight excluding hydrogens is 380 g/mol. The van der Waals surface area contributed by atoms with Gasteiger partial charge in [-0.25, -0.2) is 4.98 Å². The number of aryl methyl sites for hydroxylation is 1. The quantitative estimate of drug-likeness (QED) is 0.691. The normalized spacial score (nSPS) is 17.9. The van der Waals surface area contributed by atoms with E-state index in [9.17, 15) is 14.4 Å². The molecule has 0 aliphatic carbocycles. The van der Waals surface area contributed by atoms with E-state index in [2.05, 4.69) is 18.8 Å². The molecule has 2 fully saturated rings. The van der Waals surface area contributed by atoms with E-state index in [-0.39, 0.29) is 5.91 Å². The molecule has 0 atom stereocenters. The number of hydrogen-bond donors (Lipinski definition) is 0. The van der Waals surface area contributed by atoms with E-state index < -0.39 is 11.8 Å². The monoisotopic (exact) mass is 408 g/mol. The van der Waals surface area contributed by atoms with Gasteiger partial charge in [-0.2, -0.15) is 0 Å². The highest BCUT2D eigenvalue weighted by Gasteiger charge is 2.32. The molecular formula is C19H28N4O4S. The van der Waals surface area contributed by atoms with Crippen LogP contribution in [0.1, 0.15) is 34.2 Å². The van der Waals surface area contributed by atoms with Gasteiger partial charge in [0.15, 0.2) is 0 Å². The third kappa shape index (κ3) is 4.70. The van der Waals surface area contributed by atoms with Crippen LogP contribution in [0.3, 0.4) is 0 Å². The second-order valence-electron chi connectivity index (χ2n) is 7.61. The summed E-state index contributed by atoms with van der Waals surface area (Å²) in [5.41, 5.74) is 0.770. The molecule has 8 nitrogen and oxygen atoms in total. The molecule has 2 saturated heterocycles. The largest absolute Gasteiger partial charge is 0.378 e. The average molecular weight is 409 g/mol. The summed E-state index contributed by atoms with van der Waals surface area (Å²) in [6, 6.07) is 0. The fourth-order valence-corrected chi connectivity index (χ4v) is 4.63. The average Bonchev–Trinajstić information content (AvgIpc) is 3.06. The highest BCUT2D eigenvalue weighted by atomic mass is 32.1. The number of nitrogens with zero attached hydrogens (tertiary/aromatic N) is 4. The van der Waals surface area contributed by atoms with Crippen molar-refractivity contribution in [3.05, 3.63) is 15.6 Å². The van der Waals surface area contributed by atoms with Gasteiger partial charge in [0.1, 0.15) is 4.88 Å². The third-order valence-electron chi connectivity index (χ3n) is 4.95. The summed E-state index contributed by atoms with van der Waals surface area (Å²) in [4.78, 5) is 47.8. The van der Waals surface area contributed by atoms with Crippen molar-refractivity contribution >= 4 is 29.1 Å². The number of thiazole rings is 1. The van der Waals surface area contributed by atoms with E-state index in [1.54, 1.807) is 14.7 Å². The summed E-state index contributed by atoms with van der Waals surface area (Å²) in [6.07, 6.45) is 0.866. The van der Waals surface area contributed by atoms with Crippen LogP contribution in [0.25, 0.3) is 0 Å². The standard InChI is InChI=1S/C19H28N4O4S/c1-13(2)12-15-20-14(3)16(28-15)17(24)21-4-6-22(7-5-21)18(25)19(26)23-8-10-27-11-9-23/h13H,4-12H2,1-3H3. The zero-order valence-electron chi connectivity index (χ0n) is 16.8. The summed E-state index contributed by atoms with van der Waals surface area (Å²) in [7, 11) is 0. The summed E-state index contributed by atoms with van der Waals surface area (Å²) in [6.45, 7) is 9.57. The zero-order valence-corrected chi connectivity index (χ0v) is 17.6. The molecule has 0 aromatic carbocycles. The van der Waals surface area contributed by atoms with E-state index >= 15 is 0 Å². The summed E-state index contributed by atoms with van der Waals surface area (Å²) >= 11 is 1.46. The van der Waals surface area contributed by atoms with Gasteiger partial charge in [-0.15, -0.1) is 11.3 Å². The van der Waals surface area contributed by atoms with Crippen LogP contribution in [0.5, 0.6) is 0 Å². The lowest BCUT2D eigenvalue weighted by Gasteiger charge is -2.35. The summed E-state index contributed by atoms with van der Waals surface area (Å²) in [5, 5.41) is 0.987. The first-order chi connectivity index (χ1) is 13.4. The predicted molar refractivity (Wildman–Crippen MR) is 105 cm³/mol. The molecule has 0 unspecified atom stereocenters. The number of piperazine rings is 1. The fraction of sp³-hybridized carbons (Fsp3) is 0.684. The molecule has 3 heterocycles. The van der Waals surface area contributed by atoms with Crippen LogP contribution < -0.4 is 0 Å². The maximum Gasteiger partial charge on any atom is 0.312 e. The van der Waals surface area contributed by atoms with Crippen molar-refractivity contribution in [2.45, 2.75) is 27.2 Å². The molecule has 0 N–H and O–H groups in total. The topological polar surface area (TPSA) is 83.1 Å². The van der Waals surface area contributed by atoms with Gasteiger partial charge in [-0.05, 0) is 12.8 Å².